The van der Waals surface area contributed by atoms with E-state index in [0.29, 0.717) is 0 Å². The minimum atomic E-state index is -1.000. The molecule has 5 aliphatic rings. The maximum atomic E-state index is 13.4. The van der Waals surface area contributed by atoms with E-state index in [4.69, 9.17) is 4.74 Å². The zero-order valence-electron chi connectivity index (χ0n) is 15.6. The van der Waals surface area contributed by atoms with Crippen molar-refractivity contribution in [1.29, 1.82) is 0 Å². The van der Waals surface area contributed by atoms with Gasteiger partial charge in [-0.2, -0.15) is 0 Å². The van der Waals surface area contributed by atoms with Gasteiger partial charge in [-0.05, 0) is 25.7 Å². The highest BCUT2D eigenvalue weighted by molar-refractivity contribution is 6.00. The minimum absolute atomic E-state index is 0.0956. The van der Waals surface area contributed by atoms with E-state index in [2.05, 4.69) is 10.6 Å². The van der Waals surface area contributed by atoms with Crippen LogP contribution in [0.5, 0.6) is 0 Å². The Bertz CT molecular complexity index is 712. The number of carbonyl (C=O) groups is 3. The van der Waals surface area contributed by atoms with Crippen LogP contribution in [-0.2, 0) is 19.1 Å². The molecule has 5 rings (SSSR count). The first-order chi connectivity index (χ1) is 13.1. The predicted molar refractivity (Wildman–Crippen MR) is 96.5 cm³/mol. The van der Waals surface area contributed by atoms with Crippen LogP contribution in [0, 0.1) is 11.8 Å². The second-order valence-corrected chi connectivity index (χ2v) is 8.64. The maximum absolute atomic E-state index is 13.4. The van der Waals surface area contributed by atoms with Gasteiger partial charge in [0, 0.05) is 19.1 Å². The van der Waals surface area contributed by atoms with E-state index in [0.717, 1.165) is 38.5 Å². The molecule has 7 nitrogen and oxygen atoms in total. The van der Waals surface area contributed by atoms with Gasteiger partial charge >= 0.3 is 0 Å². The lowest BCUT2D eigenvalue weighted by molar-refractivity contribution is -0.142. The molecule has 3 aliphatic heterocycles. The molecule has 27 heavy (non-hydrogen) atoms. The zero-order chi connectivity index (χ0) is 18.8. The van der Waals surface area contributed by atoms with E-state index in [-0.39, 0.29) is 29.8 Å². The Labute approximate surface area is 158 Å². The first kappa shape index (κ1) is 17.2. The average Bonchev–Trinajstić information content (AvgIpc) is 3.27. The van der Waals surface area contributed by atoms with Gasteiger partial charge in [0.15, 0.2) is 0 Å². The summed E-state index contributed by atoms with van der Waals surface area (Å²) in [5.41, 5.74) is -1.000. The molecule has 3 amide bonds. The normalized spacial score (nSPS) is 40.3. The molecule has 2 N–H and O–H groups in total. The molecular weight excluding hydrogens is 346 g/mol. The number of hydrogen-bond donors (Lipinski definition) is 2. The quantitative estimate of drug-likeness (QED) is 0.703. The number of carbonyl (C=O) groups excluding carboxylic acids is 3. The standard InChI is InChI=1S/C20H27N3O4/c1-21-17(24)14-13-9-10-20(27-13)15(14)19(26)23(12-7-8-12)16(20)18(25)22-11-5-3-2-4-6-11/h9-16H,2-8H2,1H3,(H,21,24)(H,22,25)/t13-,14-,15-,16+,20-/m1/s1. The van der Waals surface area contributed by atoms with E-state index in [1.54, 1.807) is 11.9 Å². The van der Waals surface area contributed by atoms with E-state index in [1.165, 1.54) is 6.42 Å². The van der Waals surface area contributed by atoms with E-state index in [9.17, 15) is 14.4 Å². The van der Waals surface area contributed by atoms with Gasteiger partial charge in [-0.1, -0.05) is 31.4 Å². The van der Waals surface area contributed by atoms with Gasteiger partial charge in [-0.25, -0.2) is 0 Å². The SMILES string of the molecule is CNC(=O)[C@@H]1[C@H]2C=C[C@]3(O2)[C@H](C(=O)NC2CCCCC2)N(C2CC2)C(=O)[C@@H]13. The molecule has 0 aromatic rings. The third-order valence-electron chi connectivity index (χ3n) is 7.00. The van der Waals surface area contributed by atoms with Crippen LogP contribution in [0.4, 0.5) is 0 Å². The second-order valence-electron chi connectivity index (χ2n) is 8.64. The third-order valence-corrected chi connectivity index (χ3v) is 7.00. The van der Waals surface area contributed by atoms with Crippen LogP contribution >= 0.6 is 0 Å². The Morgan fingerprint density at radius 3 is 2.56 bits per heavy atom. The summed E-state index contributed by atoms with van der Waals surface area (Å²) in [4.78, 5) is 40.9. The van der Waals surface area contributed by atoms with Crippen LogP contribution in [-0.4, -0.2) is 59.5 Å². The first-order valence-electron chi connectivity index (χ1n) is 10.3. The van der Waals surface area contributed by atoms with E-state index < -0.39 is 29.6 Å². The van der Waals surface area contributed by atoms with Gasteiger partial charge in [-0.15, -0.1) is 0 Å². The molecule has 2 saturated carbocycles. The van der Waals surface area contributed by atoms with Crippen molar-refractivity contribution in [3.8, 4) is 0 Å². The molecule has 2 bridgehead atoms. The summed E-state index contributed by atoms with van der Waals surface area (Å²) in [6.07, 6.45) is 10.6. The van der Waals surface area contributed by atoms with Crippen LogP contribution in [0.3, 0.4) is 0 Å². The monoisotopic (exact) mass is 373 g/mol. The van der Waals surface area contributed by atoms with Crippen LogP contribution in [0.2, 0.25) is 0 Å². The topological polar surface area (TPSA) is 87.7 Å². The van der Waals surface area contributed by atoms with Crippen LogP contribution < -0.4 is 10.6 Å². The summed E-state index contributed by atoms with van der Waals surface area (Å²) in [5.74, 6) is -1.56. The Morgan fingerprint density at radius 1 is 1.15 bits per heavy atom. The summed E-state index contributed by atoms with van der Waals surface area (Å²) in [6.45, 7) is 0. The fourth-order valence-electron chi connectivity index (χ4n) is 5.65. The molecule has 0 aromatic heterocycles. The van der Waals surface area contributed by atoms with Crippen molar-refractivity contribution in [2.45, 2.75) is 74.8 Å². The Hall–Kier alpha value is -1.89. The summed E-state index contributed by atoms with van der Waals surface area (Å²) < 4.78 is 6.23. The molecule has 5 atom stereocenters. The lowest BCUT2D eigenvalue weighted by Crippen LogP contribution is -2.57. The second kappa shape index (κ2) is 6.06. The molecule has 0 radical (unpaired) electrons. The molecule has 1 spiro atoms. The number of nitrogens with one attached hydrogen (secondary N) is 2. The van der Waals surface area contributed by atoms with Gasteiger partial charge in [0.2, 0.25) is 17.7 Å². The molecule has 2 aliphatic carbocycles. The third kappa shape index (κ3) is 2.40. The molecule has 0 unspecified atom stereocenters. The largest absolute Gasteiger partial charge is 0.359 e. The van der Waals surface area contributed by atoms with Crippen molar-refractivity contribution in [2.75, 3.05) is 7.05 Å². The molecule has 2 saturated heterocycles. The number of hydrogen-bond acceptors (Lipinski definition) is 4. The van der Waals surface area contributed by atoms with Gasteiger partial charge < -0.3 is 20.3 Å². The highest BCUT2D eigenvalue weighted by atomic mass is 16.5. The number of ether oxygens (including phenoxy) is 1. The molecular formula is C20H27N3O4. The van der Waals surface area contributed by atoms with Crippen molar-refractivity contribution >= 4 is 17.7 Å². The number of likely N-dealkylation sites (tertiary alicyclic amines) is 1. The highest BCUT2D eigenvalue weighted by Crippen LogP contribution is 2.56. The smallest absolute Gasteiger partial charge is 0.246 e. The first-order valence-corrected chi connectivity index (χ1v) is 10.3. The number of fused-ring (bicyclic) bond motifs is 1. The lowest BCUT2D eigenvalue weighted by Gasteiger charge is -2.34. The number of rotatable bonds is 4. The van der Waals surface area contributed by atoms with Gasteiger partial charge in [0.1, 0.15) is 11.6 Å². The summed E-state index contributed by atoms with van der Waals surface area (Å²) in [5, 5.41) is 5.86. The molecule has 7 heteroatoms. The van der Waals surface area contributed by atoms with Crippen molar-refractivity contribution < 1.29 is 19.1 Å². The Kier molecular flexibility index (Phi) is 3.86. The predicted octanol–water partition coefficient (Wildman–Crippen LogP) is 0.494. The lowest BCUT2D eigenvalue weighted by atomic mass is 9.74. The van der Waals surface area contributed by atoms with E-state index in [1.807, 2.05) is 12.2 Å². The fraction of sp³-hybridized carbons (Fsp3) is 0.750. The summed E-state index contributed by atoms with van der Waals surface area (Å²) >= 11 is 0. The van der Waals surface area contributed by atoms with Crippen molar-refractivity contribution in [2.24, 2.45) is 11.8 Å². The fourth-order valence-corrected chi connectivity index (χ4v) is 5.65. The number of nitrogens with zero attached hydrogens (tertiary/aromatic N) is 1. The molecule has 0 aromatic carbocycles. The van der Waals surface area contributed by atoms with E-state index >= 15 is 0 Å². The number of amides is 3. The Morgan fingerprint density at radius 2 is 1.89 bits per heavy atom. The van der Waals surface area contributed by atoms with Crippen LogP contribution in [0.1, 0.15) is 44.9 Å². The summed E-state index contributed by atoms with van der Waals surface area (Å²) in [6, 6.07) is -0.392. The van der Waals surface area contributed by atoms with Crippen molar-refractivity contribution in [3.05, 3.63) is 12.2 Å². The van der Waals surface area contributed by atoms with Gasteiger partial charge in [-0.3, -0.25) is 14.4 Å². The molecule has 4 fully saturated rings. The van der Waals surface area contributed by atoms with Crippen molar-refractivity contribution in [3.63, 3.8) is 0 Å². The summed E-state index contributed by atoms with van der Waals surface area (Å²) in [7, 11) is 1.58. The maximum Gasteiger partial charge on any atom is 0.246 e. The van der Waals surface area contributed by atoms with Gasteiger partial charge in [0.25, 0.3) is 0 Å². The highest BCUT2D eigenvalue weighted by Gasteiger charge is 2.74. The minimum Gasteiger partial charge on any atom is -0.359 e. The van der Waals surface area contributed by atoms with Crippen molar-refractivity contribution in [1.82, 2.24) is 15.5 Å². The Balaban J connectivity index is 1.48. The average molecular weight is 373 g/mol. The van der Waals surface area contributed by atoms with Crippen LogP contribution in [0.25, 0.3) is 0 Å². The van der Waals surface area contributed by atoms with Gasteiger partial charge in [0.05, 0.1) is 17.9 Å². The zero-order valence-corrected chi connectivity index (χ0v) is 15.6. The molecule has 146 valence electrons. The van der Waals surface area contributed by atoms with Crippen LogP contribution in [0.15, 0.2) is 12.2 Å². The molecule has 3 heterocycles.